The zero-order valence-corrected chi connectivity index (χ0v) is 14.3. The molecule has 1 aliphatic rings. The van der Waals surface area contributed by atoms with E-state index in [9.17, 15) is 4.79 Å². The van der Waals surface area contributed by atoms with Gasteiger partial charge in [-0.1, -0.05) is 27.7 Å². The molecule has 3 unspecified atom stereocenters. The minimum absolute atomic E-state index is 0. The lowest BCUT2D eigenvalue weighted by Gasteiger charge is -2.56. The first-order chi connectivity index (χ1) is 8.89. The summed E-state index contributed by atoms with van der Waals surface area (Å²) in [5, 5.41) is 0. The third-order valence-electron chi connectivity index (χ3n) is 4.39. The molecule has 0 aromatic carbocycles. The summed E-state index contributed by atoms with van der Waals surface area (Å²) in [4.78, 5) is 14.5. The summed E-state index contributed by atoms with van der Waals surface area (Å²) >= 11 is 0. The number of rotatable bonds is 7. The lowest BCUT2D eigenvalue weighted by Crippen LogP contribution is -2.64. The minimum Gasteiger partial charge on any atom is -0.378 e. The second-order valence-corrected chi connectivity index (χ2v) is 6.19. The SMILES string of the molecule is CCCN(C(=O)C(C)CN)C1CC(OCC)C1(C)C.Cl. The van der Waals surface area contributed by atoms with Crippen LogP contribution in [0.3, 0.4) is 0 Å². The summed E-state index contributed by atoms with van der Waals surface area (Å²) in [6.45, 7) is 12.4. The number of amides is 1. The zero-order valence-electron chi connectivity index (χ0n) is 13.5. The number of nitrogens with zero attached hydrogens (tertiary/aromatic N) is 1. The third kappa shape index (κ3) is 3.86. The molecule has 3 atom stereocenters. The Morgan fingerprint density at radius 3 is 2.45 bits per heavy atom. The fourth-order valence-electron chi connectivity index (χ4n) is 2.92. The highest BCUT2D eigenvalue weighted by Gasteiger charge is 2.52. The van der Waals surface area contributed by atoms with Crippen LogP contribution in [0.25, 0.3) is 0 Å². The maximum atomic E-state index is 12.5. The van der Waals surface area contributed by atoms with Gasteiger partial charge in [-0.15, -0.1) is 12.4 Å². The molecule has 1 amide bonds. The van der Waals surface area contributed by atoms with Crippen molar-refractivity contribution in [3.63, 3.8) is 0 Å². The number of carbonyl (C=O) groups excluding carboxylic acids is 1. The van der Waals surface area contributed by atoms with Gasteiger partial charge >= 0.3 is 0 Å². The smallest absolute Gasteiger partial charge is 0.226 e. The molecule has 0 aromatic heterocycles. The maximum Gasteiger partial charge on any atom is 0.226 e. The van der Waals surface area contributed by atoms with Gasteiger partial charge in [-0.3, -0.25) is 4.79 Å². The molecule has 4 nitrogen and oxygen atoms in total. The van der Waals surface area contributed by atoms with E-state index >= 15 is 0 Å². The van der Waals surface area contributed by atoms with Gasteiger partial charge in [0, 0.05) is 37.1 Å². The first-order valence-corrected chi connectivity index (χ1v) is 7.52. The van der Waals surface area contributed by atoms with Crippen LogP contribution in [0, 0.1) is 11.3 Å². The summed E-state index contributed by atoms with van der Waals surface area (Å²) in [5.74, 6) is 0.103. The maximum absolute atomic E-state index is 12.5. The van der Waals surface area contributed by atoms with E-state index in [0.29, 0.717) is 6.54 Å². The van der Waals surface area contributed by atoms with Crippen molar-refractivity contribution in [2.24, 2.45) is 17.1 Å². The number of nitrogens with two attached hydrogens (primary N) is 1. The molecule has 1 aliphatic carbocycles. The van der Waals surface area contributed by atoms with Crippen LogP contribution in [-0.4, -0.2) is 42.6 Å². The fourth-order valence-corrected chi connectivity index (χ4v) is 2.92. The topological polar surface area (TPSA) is 55.6 Å². The van der Waals surface area contributed by atoms with Gasteiger partial charge < -0.3 is 15.4 Å². The van der Waals surface area contributed by atoms with E-state index < -0.39 is 0 Å². The van der Waals surface area contributed by atoms with Crippen molar-refractivity contribution in [1.82, 2.24) is 4.90 Å². The van der Waals surface area contributed by atoms with Crippen molar-refractivity contribution in [2.75, 3.05) is 19.7 Å². The minimum atomic E-state index is -0.0894. The van der Waals surface area contributed by atoms with Crippen LogP contribution in [-0.2, 0) is 9.53 Å². The largest absolute Gasteiger partial charge is 0.378 e. The van der Waals surface area contributed by atoms with Gasteiger partial charge in [-0.05, 0) is 19.8 Å². The van der Waals surface area contributed by atoms with Crippen LogP contribution < -0.4 is 5.73 Å². The first-order valence-electron chi connectivity index (χ1n) is 7.52. The number of hydrogen-bond acceptors (Lipinski definition) is 3. The Morgan fingerprint density at radius 2 is 2.05 bits per heavy atom. The van der Waals surface area contributed by atoms with Crippen LogP contribution in [0.4, 0.5) is 0 Å². The second-order valence-electron chi connectivity index (χ2n) is 6.19. The zero-order chi connectivity index (χ0) is 14.6. The van der Waals surface area contributed by atoms with Crippen LogP contribution in [0.2, 0.25) is 0 Å². The monoisotopic (exact) mass is 306 g/mol. The normalized spacial score (nSPS) is 25.3. The molecule has 0 heterocycles. The first kappa shape index (κ1) is 19.7. The molecular formula is C15H31ClN2O2. The number of hydrogen-bond donors (Lipinski definition) is 1. The average Bonchev–Trinajstić information content (AvgIpc) is 2.39. The van der Waals surface area contributed by atoms with E-state index in [1.807, 2.05) is 18.7 Å². The van der Waals surface area contributed by atoms with Crippen LogP contribution in [0.15, 0.2) is 0 Å². The second kappa shape index (κ2) is 8.20. The van der Waals surface area contributed by atoms with Crippen molar-refractivity contribution in [1.29, 1.82) is 0 Å². The quantitative estimate of drug-likeness (QED) is 0.786. The van der Waals surface area contributed by atoms with Crippen molar-refractivity contribution in [2.45, 2.75) is 59.6 Å². The number of ether oxygens (including phenoxy) is 1. The lowest BCUT2D eigenvalue weighted by atomic mass is 9.63. The molecule has 0 aliphatic heterocycles. The van der Waals surface area contributed by atoms with Gasteiger partial charge in [-0.25, -0.2) is 0 Å². The predicted molar refractivity (Wildman–Crippen MR) is 85.1 cm³/mol. The Bertz CT molecular complexity index is 310. The molecule has 1 saturated carbocycles. The fraction of sp³-hybridized carbons (Fsp3) is 0.933. The summed E-state index contributed by atoms with van der Waals surface area (Å²) in [6, 6.07) is 0.283. The van der Waals surface area contributed by atoms with Gasteiger partial charge in [0.1, 0.15) is 0 Å². The predicted octanol–water partition coefficient (Wildman–Crippen LogP) is 2.45. The van der Waals surface area contributed by atoms with E-state index in [2.05, 4.69) is 20.8 Å². The van der Waals surface area contributed by atoms with E-state index in [-0.39, 0.29) is 41.8 Å². The highest BCUT2D eigenvalue weighted by molar-refractivity contribution is 5.85. The summed E-state index contributed by atoms with van der Waals surface area (Å²) < 4.78 is 5.76. The third-order valence-corrected chi connectivity index (χ3v) is 4.39. The molecular weight excluding hydrogens is 276 g/mol. The lowest BCUT2D eigenvalue weighted by molar-refractivity contribution is -0.169. The molecule has 120 valence electrons. The Labute approximate surface area is 129 Å². The molecule has 20 heavy (non-hydrogen) atoms. The average molecular weight is 307 g/mol. The van der Waals surface area contributed by atoms with Crippen LogP contribution in [0.5, 0.6) is 0 Å². The number of halogens is 1. The Kier molecular flexibility index (Phi) is 8.07. The van der Waals surface area contributed by atoms with Crippen LogP contribution >= 0.6 is 12.4 Å². The number of carbonyl (C=O) groups is 1. The molecule has 0 spiro atoms. The molecule has 1 rings (SSSR count). The van der Waals surface area contributed by atoms with Crippen LogP contribution in [0.1, 0.15) is 47.5 Å². The van der Waals surface area contributed by atoms with E-state index in [1.54, 1.807) is 0 Å². The molecule has 0 saturated heterocycles. The van der Waals surface area contributed by atoms with Gasteiger partial charge in [0.2, 0.25) is 5.91 Å². The highest BCUT2D eigenvalue weighted by Crippen LogP contribution is 2.46. The van der Waals surface area contributed by atoms with E-state index in [1.165, 1.54) is 0 Å². The van der Waals surface area contributed by atoms with Gasteiger partial charge in [0.25, 0.3) is 0 Å². The molecule has 2 N–H and O–H groups in total. The summed E-state index contributed by atoms with van der Waals surface area (Å²) in [5.41, 5.74) is 5.67. The van der Waals surface area contributed by atoms with Crippen molar-refractivity contribution in [3.05, 3.63) is 0 Å². The van der Waals surface area contributed by atoms with E-state index in [4.69, 9.17) is 10.5 Å². The molecule has 0 aromatic rings. The molecule has 1 fully saturated rings. The van der Waals surface area contributed by atoms with Gasteiger partial charge in [0.15, 0.2) is 0 Å². The van der Waals surface area contributed by atoms with E-state index in [0.717, 1.165) is 26.0 Å². The summed E-state index contributed by atoms with van der Waals surface area (Å²) in [6.07, 6.45) is 2.20. The molecule has 5 heteroatoms. The van der Waals surface area contributed by atoms with Gasteiger partial charge in [-0.2, -0.15) is 0 Å². The Morgan fingerprint density at radius 1 is 1.45 bits per heavy atom. The Balaban J connectivity index is 0.00000361. The van der Waals surface area contributed by atoms with Gasteiger partial charge in [0.05, 0.1) is 6.10 Å². The van der Waals surface area contributed by atoms with Crippen molar-refractivity contribution in [3.8, 4) is 0 Å². The standard InChI is InChI=1S/C15H30N2O2.ClH/c1-6-8-17(14(18)11(3)10-16)12-9-13(19-7-2)15(12,4)5;/h11-13H,6-10,16H2,1-5H3;1H. The summed E-state index contributed by atoms with van der Waals surface area (Å²) in [7, 11) is 0. The van der Waals surface area contributed by atoms with Crippen molar-refractivity contribution >= 4 is 18.3 Å². The molecule has 0 radical (unpaired) electrons. The molecule has 0 bridgehead atoms. The van der Waals surface area contributed by atoms with Crippen molar-refractivity contribution < 1.29 is 9.53 Å². The Hall–Kier alpha value is -0.320. The highest BCUT2D eigenvalue weighted by atomic mass is 35.5.